The second-order valence-corrected chi connectivity index (χ2v) is 8.63. The number of likely N-dealkylation sites (tertiary alicyclic amines) is 1. The van der Waals surface area contributed by atoms with Gasteiger partial charge in [-0.15, -0.1) is 0 Å². The van der Waals surface area contributed by atoms with Crippen LogP contribution < -0.4 is 11.2 Å². The van der Waals surface area contributed by atoms with E-state index in [2.05, 4.69) is 11.8 Å². The summed E-state index contributed by atoms with van der Waals surface area (Å²) in [6, 6.07) is 4.97. The van der Waals surface area contributed by atoms with Gasteiger partial charge in [-0.1, -0.05) is 31.0 Å². The number of hydrogen-bond acceptors (Lipinski definition) is 4. The van der Waals surface area contributed by atoms with Gasteiger partial charge in [0.1, 0.15) is 11.6 Å². The Morgan fingerprint density at radius 2 is 1.94 bits per heavy atom. The lowest BCUT2D eigenvalue weighted by molar-refractivity contribution is 0.131. The van der Waals surface area contributed by atoms with Crippen molar-refractivity contribution in [3.63, 3.8) is 0 Å². The molecule has 3 aromatic rings. The second-order valence-electron chi connectivity index (χ2n) is 8.22. The molecule has 3 heterocycles. The first-order chi connectivity index (χ1) is 14.8. The number of halogens is 2. The van der Waals surface area contributed by atoms with Crippen molar-refractivity contribution in [1.29, 1.82) is 0 Å². The summed E-state index contributed by atoms with van der Waals surface area (Å²) in [4.78, 5) is 32.6. The largest absolute Gasteiger partial charge is 0.332 e. The molecule has 1 aliphatic heterocycles. The lowest BCUT2D eigenvalue weighted by Gasteiger charge is -2.34. The number of aromatic nitrogens is 4. The molecule has 0 spiro atoms. The summed E-state index contributed by atoms with van der Waals surface area (Å²) in [5, 5.41) is 0.291. The molecule has 9 heteroatoms. The van der Waals surface area contributed by atoms with E-state index in [-0.39, 0.29) is 12.1 Å². The second kappa shape index (κ2) is 8.59. The first-order valence-corrected chi connectivity index (χ1v) is 11.0. The molecule has 1 aliphatic rings. The third-order valence-electron chi connectivity index (χ3n) is 6.37. The van der Waals surface area contributed by atoms with Crippen LogP contribution in [0.2, 0.25) is 5.02 Å². The highest BCUT2D eigenvalue weighted by Gasteiger charge is 2.26. The molecule has 1 fully saturated rings. The van der Waals surface area contributed by atoms with E-state index in [0.717, 1.165) is 30.4 Å². The molecule has 0 aliphatic carbocycles. The molecule has 0 saturated carbocycles. The number of fused-ring (bicyclic) bond motifs is 1. The lowest BCUT2D eigenvalue weighted by Crippen LogP contribution is -2.39. The molecular formula is C22H27ClFN5O2. The Labute approximate surface area is 184 Å². The van der Waals surface area contributed by atoms with Crippen LogP contribution >= 0.6 is 11.6 Å². The molecule has 1 saturated heterocycles. The summed E-state index contributed by atoms with van der Waals surface area (Å²) in [6.07, 6.45) is 4.46. The van der Waals surface area contributed by atoms with Crippen LogP contribution in [0.4, 0.5) is 4.39 Å². The van der Waals surface area contributed by atoms with E-state index in [1.165, 1.54) is 24.1 Å². The number of hydrogen-bond donors (Lipinski definition) is 0. The highest BCUT2D eigenvalue weighted by Crippen LogP contribution is 2.25. The minimum absolute atomic E-state index is 0.0649. The van der Waals surface area contributed by atoms with E-state index in [4.69, 9.17) is 16.6 Å². The fourth-order valence-corrected chi connectivity index (χ4v) is 4.76. The van der Waals surface area contributed by atoms with Crippen LogP contribution in [-0.4, -0.2) is 36.2 Å². The quantitative estimate of drug-likeness (QED) is 0.603. The highest BCUT2D eigenvalue weighted by molar-refractivity contribution is 6.31. The molecule has 2 aromatic heterocycles. The number of aryl methyl sites for hydroxylation is 1. The minimum Gasteiger partial charge on any atom is -0.316 e. The van der Waals surface area contributed by atoms with Gasteiger partial charge in [0.05, 0.1) is 13.1 Å². The Hall–Kier alpha value is -2.45. The maximum Gasteiger partial charge on any atom is 0.332 e. The smallest absolute Gasteiger partial charge is 0.316 e. The summed E-state index contributed by atoms with van der Waals surface area (Å²) in [5.41, 5.74) is -0.00654. The van der Waals surface area contributed by atoms with Crippen LogP contribution in [0.5, 0.6) is 0 Å². The van der Waals surface area contributed by atoms with Crippen LogP contribution in [0, 0.1) is 5.82 Å². The van der Waals surface area contributed by atoms with Gasteiger partial charge < -0.3 is 4.57 Å². The van der Waals surface area contributed by atoms with Gasteiger partial charge in [-0.05, 0) is 37.9 Å². The van der Waals surface area contributed by atoms with E-state index < -0.39 is 17.1 Å². The molecule has 31 heavy (non-hydrogen) atoms. The van der Waals surface area contributed by atoms with Gasteiger partial charge >= 0.3 is 5.69 Å². The van der Waals surface area contributed by atoms with Crippen molar-refractivity contribution in [3.05, 3.63) is 61.3 Å². The number of rotatable bonds is 5. The molecule has 1 atom stereocenters. The number of imidazole rings is 1. The van der Waals surface area contributed by atoms with Gasteiger partial charge in [0.15, 0.2) is 11.2 Å². The Kier molecular flexibility index (Phi) is 6.03. The van der Waals surface area contributed by atoms with Gasteiger partial charge in [-0.25, -0.2) is 14.2 Å². The summed E-state index contributed by atoms with van der Waals surface area (Å²) in [7, 11) is 3.03. The third-order valence-corrected chi connectivity index (χ3v) is 6.72. The molecule has 0 N–H and O–H groups in total. The standard InChI is InChI=1S/C22H27ClFN5O2/c1-4-14-8-5-6-11-28(14)13-18-25-20-19(21(30)27(3)22(31)26(20)2)29(18)12-15-16(23)9-7-10-17(15)24/h7,9-10,14H,4-6,8,11-13H2,1-3H3. The first kappa shape index (κ1) is 21.8. The van der Waals surface area contributed by atoms with Gasteiger partial charge in [-0.2, -0.15) is 0 Å². The molecule has 0 radical (unpaired) electrons. The van der Waals surface area contributed by atoms with E-state index in [0.29, 0.717) is 34.6 Å². The van der Waals surface area contributed by atoms with Crippen molar-refractivity contribution in [3.8, 4) is 0 Å². The molecule has 0 amide bonds. The summed E-state index contributed by atoms with van der Waals surface area (Å²) in [6.45, 7) is 3.70. The topological polar surface area (TPSA) is 65.1 Å². The SMILES string of the molecule is CCC1CCCCN1Cc1nc2c(c(=O)n(C)c(=O)n2C)n1Cc1c(F)cccc1Cl. The Morgan fingerprint density at radius 1 is 1.16 bits per heavy atom. The van der Waals surface area contributed by atoms with Crippen molar-refractivity contribution in [2.75, 3.05) is 6.54 Å². The average molecular weight is 448 g/mol. The summed E-state index contributed by atoms with van der Waals surface area (Å²) < 4.78 is 18.8. The van der Waals surface area contributed by atoms with Crippen molar-refractivity contribution in [2.45, 2.75) is 51.7 Å². The monoisotopic (exact) mass is 447 g/mol. The van der Waals surface area contributed by atoms with Gasteiger partial charge in [0.2, 0.25) is 0 Å². The van der Waals surface area contributed by atoms with Crippen LogP contribution in [0.25, 0.3) is 11.2 Å². The third kappa shape index (κ3) is 3.83. The van der Waals surface area contributed by atoms with Crippen molar-refractivity contribution >= 4 is 22.8 Å². The van der Waals surface area contributed by atoms with E-state index in [1.807, 2.05) is 0 Å². The Bertz CT molecular complexity index is 1230. The molecule has 7 nitrogen and oxygen atoms in total. The van der Waals surface area contributed by atoms with Gasteiger partial charge in [-0.3, -0.25) is 18.8 Å². The summed E-state index contributed by atoms with van der Waals surface area (Å²) in [5.74, 6) is 0.194. The van der Waals surface area contributed by atoms with Crippen LogP contribution in [0.1, 0.15) is 44.0 Å². The van der Waals surface area contributed by atoms with E-state index in [9.17, 15) is 14.0 Å². The molecule has 1 aromatic carbocycles. The lowest BCUT2D eigenvalue weighted by atomic mass is 10.00. The van der Waals surface area contributed by atoms with Crippen LogP contribution in [-0.2, 0) is 27.2 Å². The molecule has 1 unspecified atom stereocenters. The first-order valence-electron chi connectivity index (χ1n) is 10.7. The summed E-state index contributed by atoms with van der Waals surface area (Å²) >= 11 is 6.29. The van der Waals surface area contributed by atoms with E-state index in [1.54, 1.807) is 23.7 Å². The number of benzene rings is 1. The molecular weight excluding hydrogens is 421 g/mol. The zero-order valence-electron chi connectivity index (χ0n) is 18.1. The fourth-order valence-electron chi connectivity index (χ4n) is 4.54. The fraction of sp³-hybridized carbons (Fsp3) is 0.500. The zero-order chi connectivity index (χ0) is 22.3. The number of piperidine rings is 1. The molecule has 0 bridgehead atoms. The Morgan fingerprint density at radius 3 is 2.65 bits per heavy atom. The average Bonchev–Trinajstić information content (AvgIpc) is 3.12. The normalized spacial score (nSPS) is 17.5. The maximum atomic E-state index is 14.6. The Balaban J connectivity index is 1.91. The highest BCUT2D eigenvalue weighted by atomic mass is 35.5. The predicted octanol–water partition coefficient (Wildman–Crippen LogP) is 3.04. The molecule has 4 rings (SSSR count). The minimum atomic E-state index is -0.449. The zero-order valence-corrected chi connectivity index (χ0v) is 18.8. The van der Waals surface area contributed by atoms with Crippen LogP contribution in [0.15, 0.2) is 27.8 Å². The molecule has 166 valence electrons. The van der Waals surface area contributed by atoms with Crippen molar-refractivity contribution in [1.82, 2.24) is 23.6 Å². The van der Waals surface area contributed by atoms with Crippen molar-refractivity contribution in [2.24, 2.45) is 14.1 Å². The van der Waals surface area contributed by atoms with Gasteiger partial charge in [0.25, 0.3) is 5.56 Å². The van der Waals surface area contributed by atoms with Crippen LogP contribution in [0.3, 0.4) is 0 Å². The van der Waals surface area contributed by atoms with Gasteiger partial charge in [0, 0.05) is 30.7 Å². The maximum absolute atomic E-state index is 14.6. The number of nitrogens with zero attached hydrogens (tertiary/aromatic N) is 5. The van der Waals surface area contributed by atoms with Crippen molar-refractivity contribution < 1.29 is 4.39 Å². The predicted molar refractivity (Wildman–Crippen MR) is 119 cm³/mol. The van der Waals surface area contributed by atoms with E-state index >= 15 is 0 Å².